The van der Waals surface area contributed by atoms with Crippen molar-refractivity contribution >= 4 is 5.69 Å². The minimum atomic E-state index is 0.886. The molecule has 1 heterocycles. The van der Waals surface area contributed by atoms with E-state index in [1.807, 2.05) is 0 Å². The van der Waals surface area contributed by atoms with Gasteiger partial charge < -0.3 is 9.88 Å². The van der Waals surface area contributed by atoms with Gasteiger partial charge in [0.25, 0.3) is 0 Å². The van der Waals surface area contributed by atoms with Gasteiger partial charge in [0.05, 0.1) is 6.54 Å². The van der Waals surface area contributed by atoms with Crippen LogP contribution < -0.4 is 5.32 Å². The molecule has 2 aromatic rings. The van der Waals surface area contributed by atoms with Crippen molar-refractivity contribution < 1.29 is 0 Å². The Morgan fingerprint density at radius 1 is 1.17 bits per heavy atom. The van der Waals surface area contributed by atoms with Crippen LogP contribution in [0.3, 0.4) is 0 Å². The normalized spacial score (nSPS) is 10.6. The third-order valence-electron chi connectivity index (χ3n) is 3.24. The molecule has 0 aliphatic rings. The highest BCUT2D eigenvalue weighted by Crippen LogP contribution is 2.17. The molecule has 2 rings (SSSR count). The minimum absolute atomic E-state index is 0.886. The largest absolute Gasteiger partial charge is 0.379 e. The van der Waals surface area contributed by atoms with Crippen molar-refractivity contribution in [3.05, 3.63) is 53.3 Å². The molecule has 0 radical (unpaired) electrons. The van der Waals surface area contributed by atoms with Crippen molar-refractivity contribution in [1.82, 2.24) is 4.57 Å². The van der Waals surface area contributed by atoms with Gasteiger partial charge in [-0.2, -0.15) is 0 Å². The number of nitrogens with zero attached hydrogens (tertiary/aromatic N) is 1. The molecular formula is C16H22N2. The maximum atomic E-state index is 3.53. The first-order chi connectivity index (χ1) is 8.70. The Hall–Kier alpha value is -1.70. The molecule has 18 heavy (non-hydrogen) atoms. The lowest BCUT2D eigenvalue weighted by Gasteiger charge is -2.12. The Balaban J connectivity index is 2.06. The van der Waals surface area contributed by atoms with E-state index in [0.717, 1.165) is 13.1 Å². The Bertz CT molecular complexity index is 512. The van der Waals surface area contributed by atoms with Gasteiger partial charge in [0.1, 0.15) is 0 Å². The third kappa shape index (κ3) is 2.95. The summed E-state index contributed by atoms with van der Waals surface area (Å²) in [6.45, 7) is 8.47. The first kappa shape index (κ1) is 12.7. The first-order valence-electron chi connectivity index (χ1n) is 6.66. The summed E-state index contributed by atoms with van der Waals surface area (Å²) in [6, 6.07) is 10.8. The molecule has 0 bridgehead atoms. The quantitative estimate of drug-likeness (QED) is 0.834. The fraction of sp³-hybridized carbons (Fsp3) is 0.375. The molecule has 0 spiro atoms. The molecular weight excluding hydrogens is 220 g/mol. The van der Waals surface area contributed by atoms with Crippen molar-refractivity contribution in [3.63, 3.8) is 0 Å². The van der Waals surface area contributed by atoms with Crippen molar-refractivity contribution in [1.29, 1.82) is 0 Å². The minimum Gasteiger partial charge on any atom is -0.379 e. The van der Waals surface area contributed by atoms with Gasteiger partial charge in [-0.15, -0.1) is 0 Å². The summed E-state index contributed by atoms with van der Waals surface area (Å²) in [5.74, 6) is 0. The first-order valence-corrected chi connectivity index (χ1v) is 6.66. The summed E-state index contributed by atoms with van der Waals surface area (Å²) < 4.78 is 2.32. The molecule has 0 atom stereocenters. The Kier molecular flexibility index (Phi) is 4.08. The number of nitrogens with one attached hydrogen (secondary N) is 1. The maximum absolute atomic E-state index is 3.53. The lowest BCUT2D eigenvalue weighted by molar-refractivity contribution is 0.654. The van der Waals surface area contributed by atoms with Crippen LogP contribution in [0.5, 0.6) is 0 Å². The van der Waals surface area contributed by atoms with Crippen LogP contribution in [-0.2, 0) is 13.1 Å². The summed E-state index contributed by atoms with van der Waals surface area (Å²) in [5, 5.41) is 3.53. The average molecular weight is 242 g/mol. The van der Waals surface area contributed by atoms with Crippen LogP contribution in [0.4, 0.5) is 5.69 Å². The van der Waals surface area contributed by atoms with Gasteiger partial charge in [-0.05, 0) is 49.6 Å². The van der Waals surface area contributed by atoms with Crippen molar-refractivity contribution in [2.75, 3.05) is 5.32 Å². The van der Waals surface area contributed by atoms with Crippen LogP contribution in [0.1, 0.15) is 30.2 Å². The second-order valence-electron chi connectivity index (χ2n) is 4.86. The highest BCUT2D eigenvalue weighted by molar-refractivity contribution is 5.52. The zero-order valence-electron chi connectivity index (χ0n) is 11.5. The van der Waals surface area contributed by atoms with E-state index < -0.39 is 0 Å². The van der Waals surface area contributed by atoms with Crippen molar-refractivity contribution in [3.8, 4) is 0 Å². The fourth-order valence-electron chi connectivity index (χ4n) is 2.18. The zero-order valence-corrected chi connectivity index (χ0v) is 11.5. The smallest absolute Gasteiger partial charge is 0.0553 e. The Labute approximate surface area is 110 Å². The van der Waals surface area contributed by atoms with E-state index >= 15 is 0 Å². The number of hydrogen-bond donors (Lipinski definition) is 1. The number of anilines is 1. The van der Waals surface area contributed by atoms with Crippen LogP contribution in [0, 0.1) is 13.8 Å². The van der Waals surface area contributed by atoms with E-state index in [1.54, 1.807) is 0 Å². The molecule has 0 fully saturated rings. The van der Waals surface area contributed by atoms with E-state index in [2.05, 4.69) is 67.2 Å². The standard InChI is InChI=1S/C16H22N2/c1-4-9-18-10-5-6-15(18)12-17-16-11-13(2)7-8-14(16)3/h5-8,10-11,17H,4,9,12H2,1-3H3. The SMILES string of the molecule is CCCn1cccc1CNc1cc(C)ccc1C. The van der Waals surface area contributed by atoms with Gasteiger partial charge in [0.2, 0.25) is 0 Å². The third-order valence-corrected chi connectivity index (χ3v) is 3.24. The summed E-state index contributed by atoms with van der Waals surface area (Å²) in [4.78, 5) is 0. The van der Waals surface area contributed by atoms with E-state index in [9.17, 15) is 0 Å². The Morgan fingerprint density at radius 2 is 2.00 bits per heavy atom. The molecule has 1 aromatic heterocycles. The molecule has 2 heteroatoms. The molecule has 0 aliphatic carbocycles. The molecule has 1 N–H and O–H groups in total. The van der Waals surface area contributed by atoms with Gasteiger partial charge in [-0.25, -0.2) is 0 Å². The maximum Gasteiger partial charge on any atom is 0.0553 e. The summed E-state index contributed by atoms with van der Waals surface area (Å²) in [5.41, 5.74) is 5.18. The molecule has 2 nitrogen and oxygen atoms in total. The van der Waals surface area contributed by atoms with E-state index in [4.69, 9.17) is 0 Å². The van der Waals surface area contributed by atoms with Crippen molar-refractivity contribution in [2.45, 2.75) is 40.3 Å². The molecule has 96 valence electrons. The molecule has 0 amide bonds. The second-order valence-corrected chi connectivity index (χ2v) is 4.86. The molecule has 1 aromatic carbocycles. The predicted molar refractivity (Wildman–Crippen MR) is 78.0 cm³/mol. The van der Waals surface area contributed by atoms with Gasteiger partial charge in [0.15, 0.2) is 0 Å². The van der Waals surface area contributed by atoms with Crippen LogP contribution >= 0.6 is 0 Å². The average Bonchev–Trinajstić information content (AvgIpc) is 2.78. The molecule has 0 saturated carbocycles. The fourth-order valence-corrected chi connectivity index (χ4v) is 2.18. The highest BCUT2D eigenvalue weighted by Gasteiger charge is 2.02. The molecule has 0 unspecified atom stereocenters. The molecule has 0 aliphatic heterocycles. The van der Waals surface area contributed by atoms with Crippen LogP contribution in [0.15, 0.2) is 36.5 Å². The lowest BCUT2D eigenvalue weighted by atomic mass is 10.1. The number of aromatic nitrogens is 1. The van der Waals surface area contributed by atoms with E-state index in [-0.39, 0.29) is 0 Å². The number of aryl methyl sites for hydroxylation is 3. The summed E-state index contributed by atoms with van der Waals surface area (Å²) in [7, 11) is 0. The summed E-state index contributed by atoms with van der Waals surface area (Å²) >= 11 is 0. The number of rotatable bonds is 5. The number of hydrogen-bond acceptors (Lipinski definition) is 1. The monoisotopic (exact) mass is 242 g/mol. The van der Waals surface area contributed by atoms with Gasteiger partial charge >= 0.3 is 0 Å². The van der Waals surface area contributed by atoms with E-state index in [0.29, 0.717) is 0 Å². The predicted octanol–water partition coefficient (Wildman–Crippen LogP) is 4.13. The molecule has 0 saturated heterocycles. The Morgan fingerprint density at radius 3 is 2.78 bits per heavy atom. The van der Waals surface area contributed by atoms with E-state index in [1.165, 1.54) is 28.9 Å². The van der Waals surface area contributed by atoms with Crippen LogP contribution in [-0.4, -0.2) is 4.57 Å². The van der Waals surface area contributed by atoms with Gasteiger partial charge in [0, 0.05) is 24.1 Å². The topological polar surface area (TPSA) is 17.0 Å². The lowest BCUT2D eigenvalue weighted by Crippen LogP contribution is -2.07. The summed E-state index contributed by atoms with van der Waals surface area (Å²) in [6.07, 6.45) is 3.33. The highest BCUT2D eigenvalue weighted by atomic mass is 15.0. The van der Waals surface area contributed by atoms with Crippen molar-refractivity contribution in [2.24, 2.45) is 0 Å². The zero-order chi connectivity index (χ0) is 13.0. The van der Waals surface area contributed by atoms with Gasteiger partial charge in [-0.3, -0.25) is 0 Å². The van der Waals surface area contributed by atoms with Crippen LogP contribution in [0.25, 0.3) is 0 Å². The van der Waals surface area contributed by atoms with Gasteiger partial charge in [-0.1, -0.05) is 19.1 Å². The second kappa shape index (κ2) is 5.76. The van der Waals surface area contributed by atoms with Crippen LogP contribution in [0.2, 0.25) is 0 Å². The number of benzene rings is 1.